The number of ether oxygens (including phenoxy) is 3. The molecule has 0 fully saturated rings. The van der Waals surface area contributed by atoms with Crippen LogP contribution in [0.5, 0.6) is 17.4 Å². The van der Waals surface area contributed by atoms with Crippen molar-refractivity contribution in [2.24, 2.45) is 5.10 Å². The first-order chi connectivity index (χ1) is 16.7. The lowest BCUT2D eigenvalue weighted by Crippen LogP contribution is -2.57. The Morgan fingerprint density at radius 1 is 1.12 bits per heavy atom. The van der Waals surface area contributed by atoms with Crippen LogP contribution in [-0.4, -0.2) is 42.2 Å². The number of fused-ring (bicyclic) bond motifs is 7. The van der Waals surface area contributed by atoms with E-state index in [0.717, 1.165) is 27.9 Å². The molecule has 2 N–H and O–H groups in total. The second-order valence-electron chi connectivity index (χ2n) is 8.52. The second-order valence-corrected chi connectivity index (χ2v) is 8.52. The highest BCUT2D eigenvalue weighted by atomic mass is 16.7. The molecule has 4 aliphatic rings. The maximum atomic E-state index is 14.4. The summed E-state index contributed by atoms with van der Waals surface area (Å²) < 4.78 is 16.5. The fourth-order valence-electron chi connectivity index (χ4n) is 5.28. The SMILES string of the molecule is COc1ccc(CN2C(=O)C3(CN4NNN=C4c4cc5c(cc43)OCO5)c3ccccc32)cn1. The van der Waals surface area contributed by atoms with Gasteiger partial charge in [-0.25, -0.2) is 10.5 Å². The zero-order valence-corrected chi connectivity index (χ0v) is 18.2. The Labute approximate surface area is 194 Å². The van der Waals surface area contributed by atoms with Crippen molar-refractivity contribution in [1.82, 2.24) is 21.1 Å². The fourth-order valence-corrected chi connectivity index (χ4v) is 5.28. The third-order valence-corrected chi connectivity index (χ3v) is 6.82. The highest BCUT2D eigenvalue weighted by molar-refractivity contribution is 6.15. The van der Waals surface area contributed by atoms with E-state index in [0.29, 0.717) is 36.3 Å². The largest absolute Gasteiger partial charge is 0.481 e. The summed E-state index contributed by atoms with van der Waals surface area (Å²) in [7, 11) is 1.58. The molecule has 10 heteroatoms. The number of nitrogens with zero attached hydrogens (tertiary/aromatic N) is 4. The van der Waals surface area contributed by atoms with Crippen LogP contribution in [0.25, 0.3) is 0 Å². The molecule has 0 saturated heterocycles. The maximum absolute atomic E-state index is 14.4. The standard InChI is InChI=1S/C24H20N6O4/c1-32-21-7-6-14(10-25-21)11-29-18-5-3-2-4-16(18)24(23(29)31)12-30-22(26-27-28-30)15-8-19-20(9-17(15)24)34-13-33-19/h2-10,27-28H,11-13H2,1H3. The summed E-state index contributed by atoms with van der Waals surface area (Å²) in [6.07, 6.45) is 1.74. The molecule has 1 atom stereocenters. The van der Waals surface area contributed by atoms with Gasteiger partial charge in [0, 0.05) is 23.5 Å². The third-order valence-electron chi connectivity index (χ3n) is 6.82. The number of hydrazone groups is 1. The molecule has 0 saturated carbocycles. The van der Waals surface area contributed by atoms with E-state index in [9.17, 15) is 4.79 Å². The maximum Gasteiger partial charge on any atom is 0.244 e. The number of amides is 1. The lowest BCUT2D eigenvalue weighted by molar-refractivity contribution is -0.122. The number of anilines is 1. The monoisotopic (exact) mass is 456 g/mol. The predicted molar refractivity (Wildman–Crippen MR) is 121 cm³/mol. The van der Waals surface area contributed by atoms with Gasteiger partial charge in [0.15, 0.2) is 17.3 Å². The Balaban J connectivity index is 1.41. The minimum atomic E-state index is -0.954. The normalized spacial score (nSPS) is 21.2. The number of methoxy groups -OCH3 is 1. The quantitative estimate of drug-likeness (QED) is 0.614. The number of hydrazine groups is 2. The molecule has 0 bridgehead atoms. The van der Waals surface area contributed by atoms with E-state index >= 15 is 0 Å². The first kappa shape index (κ1) is 19.2. The molecule has 0 radical (unpaired) electrons. The average molecular weight is 456 g/mol. The van der Waals surface area contributed by atoms with Crippen molar-refractivity contribution in [1.29, 1.82) is 0 Å². The molecule has 1 unspecified atom stereocenters. The second kappa shape index (κ2) is 6.84. The van der Waals surface area contributed by atoms with E-state index < -0.39 is 5.41 Å². The van der Waals surface area contributed by atoms with Crippen molar-refractivity contribution < 1.29 is 19.0 Å². The van der Waals surface area contributed by atoms with Crippen LogP contribution in [-0.2, 0) is 16.8 Å². The van der Waals surface area contributed by atoms with Gasteiger partial charge in [0.2, 0.25) is 18.6 Å². The van der Waals surface area contributed by atoms with Gasteiger partial charge in [-0.15, -0.1) is 10.6 Å². The zero-order chi connectivity index (χ0) is 22.9. The first-order valence-corrected chi connectivity index (χ1v) is 10.9. The van der Waals surface area contributed by atoms with Crippen molar-refractivity contribution >= 4 is 17.4 Å². The molecule has 10 nitrogen and oxygen atoms in total. The van der Waals surface area contributed by atoms with E-state index in [1.165, 1.54) is 0 Å². The lowest BCUT2D eigenvalue weighted by atomic mass is 9.71. The Morgan fingerprint density at radius 2 is 1.97 bits per heavy atom. The number of aromatic nitrogens is 1. The van der Waals surface area contributed by atoms with Crippen molar-refractivity contribution in [3.63, 3.8) is 0 Å². The molecular formula is C24H20N6O4. The molecule has 0 aliphatic carbocycles. The summed E-state index contributed by atoms with van der Waals surface area (Å²) in [4.78, 5) is 20.6. The van der Waals surface area contributed by atoms with Gasteiger partial charge in [-0.05, 0) is 34.9 Å². The number of carbonyl (C=O) groups is 1. The van der Waals surface area contributed by atoms with Gasteiger partial charge in [0.25, 0.3) is 0 Å². The number of nitrogens with one attached hydrogen (secondary N) is 2. The summed E-state index contributed by atoms with van der Waals surface area (Å²) in [5, 5.41) is 6.28. The minimum Gasteiger partial charge on any atom is -0.481 e. The van der Waals surface area contributed by atoms with Crippen molar-refractivity contribution in [2.45, 2.75) is 12.0 Å². The Bertz CT molecular complexity index is 1370. The minimum absolute atomic E-state index is 0.0163. The van der Waals surface area contributed by atoms with Crippen molar-refractivity contribution in [2.75, 3.05) is 25.3 Å². The number of pyridine rings is 1. The number of hydrogen-bond donors (Lipinski definition) is 2. The Morgan fingerprint density at radius 3 is 2.79 bits per heavy atom. The molecule has 7 rings (SSSR count). The van der Waals surface area contributed by atoms with E-state index in [1.54, 1.807) is 19.4 Å². The summed E-state index contributed by atoms with van der Waals surface area (Å²) >= 11 is 0. The van der Waals surface area contributed by atoms with Crippen LogP contribution in [0.1, 0.15) is 22.3 Å². The van der Waals surface area contributed by atoms with Crippen LogP contribution >= 0.6 is 0 Å². The molecular weight excluding hydrogens is 436 g/mol. The molecule has 2 aromatic carbocycles. The first-order valence-electron chi connectivity index (χ1n) is 10.9. The van der Waals surface area contributed by atoms with Crippen LogP contribution in [0.4, 0.5) is 5.69 Å². The summed E-state index contributed by atoms with van der Waals surface area (Å²) in [6, 6.07) is 15.5. The number of carbonyl (C=O) groups excluding carboxylic acids is 1. The Kier molecular flexibility index (Phi) is 3.86. The van der Waals surface area contributed by atoms with Crippen LogP contribution in [0, 0.1) is 0 Å². The topological polar surface area (TPSA) is 101 Å². The molecule has 34 heavy (non-hydrogen) atoms. The number of benzene rings is 2. The van der Waals surface area contributed by atoms with Crippen LogP contribution in [0.3, 0.4) is 0 Å². The van der Waals surface area contributed by atoms with Gasteiger partial charge in [-0.2, -0.15) is 0 Å². The van der Waals surface area contributed by atoms with Crippen LogP contribution < -0.4 is 30.2 Å². The van der Waals surface area contributed by atoms with Gasteiger partial charge in [-0.3, -0.25) is 9.80 Å². The van der Waals surface area contributed by atoms with Gasteiger partial charge < -0.3 is 19.1 Å². The highest BCUT2D eigenvalue weighted by Gasteiger charge is 2.57. The molecule has 170 valence electrons. The van der Waals surface area contributed by atoms with Crippen LogP contribution in [0.15, 0.2) is 59.8 Å². The molecule has 1 amide bonds. The average Bonchev–Trinajstić information content (AvgIpc) is 3.58. The van der Waals surface area contributed by atoms with Gasteiger partial charge in [0.1, 0.15) is 5.41 Å². The van der Waals surface area contributed by atoms with Crippen molar-refractivity contribution in [3.05, 3.63) is 77.0 Å². The predicted octanol–water partition coefficient (Wildman–Crippen LogP) is 1.65. The lowest BCUT2D eigenvalue weighted by Gasteiger charge is -2.39. The Hall–Kier alpha value is -4.31. The number of para-hydroxylation sites is 1. The van der Waals surface area contributed by atoms with Crippen LogP contribution in [0.2, 0.25) is 0 Å². The number of hydrogen-bond acceptors (Lipinski definition) is 9. The van der Waals surface area contributed by atoms with Gasteiger partial charge in [0.05, 0.1) is 20.2 Å². The summed E-state index contributed by atoms with van der Waals surface area (Å²) in [6.45, 7) is 0.916. The smallest absolute Gasteiger partial charge is 0.244 e. The molecule has 4 aliphatic heterocycles. The van der Waals surface area contributed by atoms with Crippen molar-refractivity contribution in [3.8, 4) is 17.4 Å². The van der Waals surface area contributed by atoms with Gasteiger partial charge >= 0.3 is 0 Å². The van der Waals surface area contributed by atoms with Gasteiger partial charge in [-0.1, -0.05) is 24.3 Å². The van der Waals surface area contributed by atoms with E-state index in [-0.39, 0.29) is 12.7 Å². The van der Waals surface area contributed by atoms with E-state index in [2.05, 4.69) is 21.2 Å². The van der Waals surface area contributed by atoms with E-state index in [1.807, 2.05) is 52.4 Å². The number of amidine groups is 1. The molecule has 5 heterocycles. The molecule has 3 aromatic rings. The molecule has 1 aromatic heterocycles. The highest BCUT2D eigenvalue weighted by Crippen LogP contribution is 2.52. The summed E-state index contributed by atoms with van der Waals surface area (Å²) in [5.41, 5.74) is 9.33. The zero-order valence-electron chi connectivity index (χ0n) is 18.2. The number of rotatable bonds is 3. The third kappa shape index (κ3) is 2.45. The fraction of sp³-hybridized carbons (Fsp3) is 0.208. The summed E-state index contributed by atoms with van der Waals surface area (Å²) in [5.74, 6) is 2.50. The van der Waals surface area contributed by atoms with E-state index in [4.69, 9.17) is 14.2 Å². The molecule has 1 spiro atoms.